The van der Waals surface area contributed by atoms with Gasteiger partial charge in [0.1, 0.15) is 11.5 Å². The van der Waals surface area contributed by atoms with Gasteiger partial charge in [-0.05, 0) is 52.8 Å². The minimum atomic E-state index is -0.339. The van der Waals surface area contributed by atoms with Crippen molar-refractivity contribution in [2.24, 2.45) is 0 Å². The van der Waals surface area contributed by atoms with E-state index in [1.807, 2.05) is 82.5 Å². The van der Waals surface area contributed by atoms with Gasteiger partial charge < -0.3 is 19.3 Å². The van der Waals surface area contributed by atoms with Gasteiger partial charge in [-0.25, -0.2) is 0 Å². The van der Waals surface area contributed by atoms with Gasteiger partial charge in [0.2, 0.25) is 5.62 Å². The molecular weight excluding hydrogens is 486 g/mol. The topological polar surface area (TPSA) is 91.2 Å². The lowest BCUT2D eigenvalue weighted by Crippen LogP contribution is -2.28. The van der Waals surface area contributed by atoms with Crippen LogP contribution in [-0.4, -0.2) is 25.1 Å². The van der Waals surface area contributed by atoms with Gasteiger partial charge >= 0.3 is 0 Å². The van der Waals surface area contributed by atoms with Gasteiger partial charge in [0.05, 0.1) is 24.1 Å². The summed E-state index contributed by atoms with van der Waals surface area (Å²) in [6, 6.07) is 18.2. The first kappa shape index (κ1) is 28.1. The number of para-hydroxylation sites is 2. The predicted octanol–water partition coefficient (Wildman–Crippen LogP) is 6.28. The Hall–Kier alpha value is -3.51. The molecule has 4 rings (SSSR count). The molecule has 1 aromatic heterocycles. The lowest BCUT2D eigenvalue weighted by atomic mass is 9.78. The zero-order chi connectivity index (χ0) is 26.4. The van der Waals surface area contributed by atoms with Gasteiger partial charge in [-0.1, -0.05) is 65.8 Å². The summed E-state index contributed by atoms with van der Waals surface area (Å²) in [5, 5.41) is 29.6. The Balaban J connectivity index is 0.00000380. The largest absolute Gasteiger partial charge is 0.508 e. The highest BCUT2D eigenvalue weighted by Gasteiger charge is 2.28. The molecule has 0 aliphatic rings. The molecular formula is C30H36ClN3O3. The van der Waals surface area contributed by atoms with Crippen molar-refractivity contribution in [1.29, 1.82) is 5.41 Å². The third-order valence-electron chi connectivity index (χ3n) is 6.60. The van der Waals surface area contributed by atoms with Gasteiger partial charge in [-0.2, -0.15) is 0 Å². The van der Waals surface area contributed by atoms with Crippen LogP contribution in [-0.2, 0) is 23.9 Å². The van der Waals surface area contributed by atoms with Crippen molar-refractivity contribution in [3.8, 4) is 11.5 Å². The van der Waals surface area contributed by atoms with E-state index < -0.39 is 0 Å². The van der Waals surface area contributed by atoms with E-state index in [1.54, 1.807) is 28.8 Å². The van der Waals surface area contributed by atoms with E-state index in [0.717, 1.165) is 27.7 Å². The Labute approximate surface area is 224 Å². The molecule has 1 heterocycles. The molecule has 0 bridgehead atoms. The van der Waals surface area contributed by atoms with Crippen molar-refractivity contribution >= 4 is 29.2 Å². The van der Waals surface area contributed by atoms with Gasteiger partial charge in [0.25, 0.3) is 0 Å². The molecule has 4 aromatic rings. The number of halogens is 1. The van der Waals surface area contributed by atoms with Crippen LogP contribution in [0.25, 0.3) is 11.0 Å². The molecule has 0 unspecified atom stereocenters. The van der Waals surface area contributed by atoms with Crippen molar-refractivity contribution in [2.45, 2.75) is 65.5 Å². The molecule has 0 saturated carbocycles. The van der Waals surface area contributed by atoms with Crippen molar-refractivity contribution in [3.63, 3.8) is 0 Å². The molecule has 0 spiro atoms. The first-order valence-electron chi connectivity index (χ1n) is 12.2. The number of rotatable bonds is 5. The fourth-order valence-electron chi connectivity index (χ4n) is 4.57. The maximum absolute atomic E-state index is 13.7. The first-order valence-corrected chi connectivity index (χ1v) is 12.2. The van der Waals surface area contributed by atoms with Crippen LogP contribution in [0.1, 0.15) is 68.6 Å². The highest BCUT2D eigenvalue weighted by atomic mass is 35.5. The summed E-state index contributed by atoms with van der Waals surface area (Å²) in [6.07, 6.45) is 0. The van der Waals surface area contributed by atoms with E-state index >= 15 is 0 Å². The summed E-state index contributed by atoms with van der Waals surface area (Å²) in [5.41, 5.74) is 4.17. The fraction of sp³-hybridized carbons (Fsp3) is 0.333. The summed E-state index contributed by atoms with van der Waals surface area (Å²) in [4.78, 5) is 13.7. The highest BCUT2D eigenvalue weighted by Crippen LogP contribution is 2.40. The second kappa shape index (κ2) is 10.1. The van der Waals surface area contributed by atoms with Crippen molar-refractivity contribution in [3.05, 3.63) is 88.5 Å². The number of carbonyl (C=O) groups is 1. The molecule has 0 amide bonds. The van der Waals surface area contributed by atoms with E-state index in [9.17, 15) is 15.0 Å². The maximum Gasteiger partial charge on any atom is 0.203 e. The van der Waals surface area contributed by atoms with Gasteiger partial charge in [-0.3, -0.25) is 10.2 Å². The highest BCUT2D eigenvalue weighted by molar-refractivity contribution is 5.97. The predicted molar refractivity (Wildman–Crippen MR) is 150 cm³/mol. The fourth-order valence-corrected chi connectivity index (χ4v) is 4.57. The van der Waals surface area contributed by atoms with Crippen molar-refractivity contribution < 1.29 is 15.0 Å². The minimum Gasteiger partial charge on any atom is -0.508 e. The van der Waals surface area contributed by atoms with E-state index in [4.69, 9.17) is 5.41 Å². The minimum absolute atomic E-state index is 0. The number of nitrogens with zero attached hydrogens (tertiary/aromatic N) is 2. The number of hydrogen-bond acceptors (Lipinski definition) is 4. The summed E-state index contributed by atoms with van der Waals surface area (Å²) < 4.78 is 3.60. The number of benzene rings is 3. The molecule has 0 radical (unpaired) electrons. The molecule has 0 fully saturated rings. The van der Waals surface area contributed by atoms with Gasteiger partial charge in [-0.15, -0.1) is 12.4 Å². The number of phenols is 2. The average Bonchev–Trinajstić information content (AvgIpc) is 3.05. The lowest BCUT2D eigenvalue weighted by molar-refractivity contribution is 0.0971. The number of phenolic OH excluding ortho intramolecular Hbond substituents is 2. The van der Waals surface area contributed by atoms with Crippen LogP contribution >= 0.6 is 12.4 Å². The van der Waals surface area contributed by atoms with Crippen LogP contribution in [0.15, 0.2) is 60.7 Å². The second-order valence-corrected chi connectivity index (χ2v) is 11.5. The summed E-state index contributed by atoms with van der Waals surface area (Å²) >= 11 is 0. The van der Waals surface area contributed by atoms with E-state index in [1.165, 1.54) is 0 Å². The Bertz CT molecular complexity index is 1470. The average molecular weight is 522 g/mol. The molecule has 6 nitrogen and oxygen atoms in total. The number of hydrogen-bond donors (Lipinski definition) is 3. The number of fused-ring (bicyclic) bond motifs is 1. The van der Waals surface area contributed by atoms with Crippen molar-refractivity contribution in [2.75, 3.05) is 0 Å². The molecule has 3 aromatic carbocycles. The third kappa shape index (κ3) is 5.59. The van der Waals surface area contributed by atoms with Gasteiger partial charge in [0, 0.05) is 16.7 Å². The summed E-state index contributed by atoms with van der Waals surface area (Å²) in [5.74, 6) is 0.323. The molecule has 0 aliphatic carbocycles. The van der Waals surface area contributed by atoms with Crippen LogP contribution in [0.2, 0.25) is 0 Å². The number of nitrogens with one attached hydrogen (secondary N) is 1. The van der Waals surface area contributed by atoms with Crippen LogP contribution in [0.4, 0.5) is 0 Å². The number of aromatic nitrogens is 2. The Morgan fingerprint density at radius 2 is 1.30 bits per heavy atom. The first-order chi connectivity index (χ1) is 16.8. The van der Waals surface area contributed by atoms with Crippen LogP contribution in [0, 0.1) is 5.41 Å². The number of aromatic hydroxyl groups is 2. The van der Waals surface area contributed by atoms with Crippen LogP contribution < -0.4 is 5.62 Å². The number of ketones is 1. The van der Waals surface area contributed by atoms with E-state index in [-0.39, 0.29) is 52.7 Å². The molecule has 7 heteroatoms. The van der Waals surface area contributed by atoms with Gasteiger partial charge in [0.15, 0.2) is 5.78 Å². The number of Topliss-reactive ketones (excluding diaryl/α,β-unsaturated/α-hetero) is 1. The molecule has 37 heavy (non-hydrogen) atoms. The second-order valence-electron chi connectivity index (χ2n) is 11.5. The number of imidazole rings is 1. The molecule has 0 atom stereocenters. The Morgan fingerprint density at radius 1 is 0.811 bits per heavy atom. The summed E-state index contributed by atoms with van der Waals surface area (Å²) in [7, 11) is 0. The standard InChI is InChI=1S/C30H35N3O3.ClH/c1-29(2,3)22-15-20(16-23(27(22)36)30(4,5)6)26(35)18-33-25-10-8-7-9-24(25)32(28(33)31)17-19-11-13-21(34)14-12-19;/h7-16,31,34,36H,17-18H2,1-6H3;1H. The normalized spacial score (nSPS) is 11.9. The third-order valence-corrected chi connectivity index (χ3v) is 6.60. The quantitative estimate of drug-likeness (QED) is 0.270. The maximum atomic E-state index is 13.7. The Morgan fingerprint density at radius 3 is 1.78 bits per heavy atom. The molecule has 0 saturated heterocycles. The molecule has 3 N–H and O–H groups in total. The SMILES string of the molecule is CC(C)(C)c1cc(C(=O)Cn2c(=N)n(Cc3ccc(O)cc3)c3ccccc32)cc(C(C)(C)C)c1O.Cl. The monoisotopic (exact) mass is 521 g/mol. The summed E-state index contributed by atoms with van der Waals surface area (Å²) in [6.45, 7) is 12.6. The molecule has 196 valence electrons. The van der Waals surface area contributed by atoms with Crippen LogP contribution in [0.3, 0.4) is 0 Å². The zero-order valence-electron chi connectivity index (χ0n) is 22.3. The smallest absolute Gasteiger partial charge is 0.203 e. The zero-order valence-corrected chi connectivity index (χ0v) is 23.1. The van der Waals surface area contributed by atoms with Crippen LogP contribution in [0.5, 0.6) is 11.5 Å². The number of carbonyl (C=O) groups excluding carboxylic acids is 1. The van der Waals surface area contributed by atoms with E-state index in [2.05, 4.69) is 0 Å². The Kier molecular flexibility index (Phi) is 7.66. The van der Waals surface area contributed by atoms with E-state index in [0.29, 0.717) is 12.1 Å². The molecule has 0 aliphatic heterocycles. The van der Waals surface area contributed by atoms with Crippen molar-refractivity contribution in [1.82, 2.24) is 9.13 Å². The lowest BCUT2D eigenvalue weighted by Gasteiger charge is -2.28.